The lowest BCUT2D eigenvalue weighted by Gasteiger charge is -2.20. The van der Waals surface area contributed by atoms with Crippen LogP contribution >= 0.6 is 11.6 Å². The summed E-state index contributed by atoms with van der Waals surface area (Å²) in [4.78, 5) is 12.7. The SMILES string of the molecule is Cc1nn(-c2ccccc2)c(C)c1CNC(=O)c1cc(Cl)c2c(c1)OCCO2. The Morgan fingerprint density at radius 2 is 1.93 bits per heavy atom. The normalized spacial score (nSPS) is 12.7. The van der Waals surface area contributed by atoms with Crippen LogP contribution in [0.3, 0.4) is 0 Å². The zero-order valence-electron chi connectivity index (χ0n) is 15.7. The zero-order chi connectivity index (χ0) is 19.7. The molecular formula is C21H20ClN3O3. The van der Waals surface area contributed by atoms with E-state index in [0.29, 0.717) is 41.8 Å². The van der Waals surface area contributed by atoms with Gasteiger partial charge in [0, 0.05) is 23.4 Å². The smallest absolute Gasteiger partial charge is 0.251 e. The van der Waals surface area contributed by atoms with E-state index in [1.54, 1.807) is 12.1 Å². The molecule has 6 nitrogen and oxygen atoms in total. The van der Waals surface area contributed by atoms with E-state index in [4.69, 9.17) is 21.1 Å². The van der Waals surface area contributed by atoms with Gasteiger partial charge in [0.05, 0.1) is 16.4 Å². The summed E-state index contributed by atoms with van der Waals surface area (Å²) in [5.74, 6) is 0.749. The van der Waals surface area contributed by atoms with Crippen molar-refractivity contribution in [3.05, 3.63) is 70.0 Å². The van der Waals surface area contributed by atoms with E-state index in [0.717, 1.165) is 22.6 Å². The van der Waals surface area contributed by atoms with Gasteiger partial charge in [-0.15, -0.1) is 0 Å². The Balaban J connectivity index is 1.53. The molecule has 0 atom stereocenters. The molecule has 0 saturated carbocycles. The van der Waals surface area contributed by atoms with Gasteiger partial charge in [-0.05, 0) is 38.1 Å². The van der Waals surface area contributed by atoms with Crippen molar-refractivity contribution in [1.82, 2.24) is 15.1 Å². The number of para-hydroxylation sites is 1. The summed E-state index contributed by atoms with van der Waals surface area (Å²) in [7, 11) is 0. The third kappa shape index (κ3) is 3.43. The zero-order valence-corrected chi connectivity index (χ0v) is 16.4. The molecule has 0 bridgehead atoms. The summed E-state index contributed by atoms with van der Waals surface area (Å²) in [5, 5.41) is 7.93. The van der Waals surface area contributed by atoms with Gasteiger partial charge >= 0.3 is 0 Å². The number of nitrogens with one attached hydrogen (secondary N) is 1. The summed E-state index contributed by atoms with van der Waals surface area (Å²) in [6, 6.07) is 13.2. The Morgan fingerprint density at radius 3 is 2.71 bits per heavy atom. The van der Waals surface area contributed by atoms with Crippen LogP contribution in [0.2, 0.25) is 5.02 Å². The van der Waals surface area contributed by atoms with Gasteiger partial charge in [0.25, 0.3) is 5.91 Å². The highest BCUT2D eigenvalue weighted by molar-refractivity contribution is 6.32. The number of halogens is 1. The molecule has 1 aliphatic heterocycles. The topological polar surface area (TPSA) is 65.4 Å². The van der Waals surface area contributed by atoms with E-state index in [1.165, 1.54) is 0 Å². The lowest BCUT2D eigenvalue weighted by molar-refractivity contribution is 0.0949. The first-order valence-corrected chi connectivity index (χ1v) is 9.40. The Kier molecular flexibility index (Phi) is 4.96. The number of carbonyl (C=O) groups excluding carboxylic acids is 1. The second-order valence-corrected chi connectivity index (χ2v) is 6.97. The molecular weight excluding hydrogens is 378 g/mol. The largest absolute Gasteiger partial charge is 0.486 e. The van der Waals surface area contributed by atoms with Crippen molar-refractivity contribution in [2.24, 2.45) is 0 Å². The van der Waals surface area contributed by atoms with E-state index in [-0.39, 0.29) is 5.91 Å². The van der Waals surface area contributed by atoms with Crippen molar-refractivity contribution in [2.75, 3.05) is 13.2 Å². The first-order chi connectivity index (χ1) is 13.5. The van der Waals surface area contributed by atoms with Gasteiger partial charge < -0.3 is 14.8 Å². The number of hydrogen-bond donors (Lipinski definition) is 1. The van der Waals surface area contributed by atoms with E-state index in [9.17, 15) is 4.79 Å². The molecule has 0 spiro atoms. The van der Waals surface area contributed by atoms with Crippen molar-refractivity contribution in [3.8, 4) is 17.2 Å². The number of aryl methyl sites for hydroxylation is 1. The predicted octanol–water partition coefficient (Wildman–Crippen LogP) is 3.84. The van der Waals surface area contributed by atoms with Crippen molar-refractivity contribution in [1.29, 1.82) is 0 Å². The Hall–Kier alpha value is -2.99. The molecule has 4 rings (SSSR count). The fraction of sp³-hybridized carbons (Fsp3) is 0.238. The van der Waals surface area contributed by atoms with Crippen molar-refractivity contribution in [2.45, 2.75) is 20.4 Å². The molecule has 7 heteroatoms. The molecule has 28 heavy (non-hydrogen) atoms. The maximum absolute atomic E-state index is 12.7. The fourth-order valence-electron chi connectivity index (χ4n) is 3.26. The number of nitrogens with zero attached hydrogens (tertiary/aromatic N) is 2. The number of fused-ring (bicyclic) bond motifs is 1. The maximum Gasteiger partial charge on any atom is 0.251 e. The summed E-state index contributed by atoms with van der Waals surface area (Å²) >= 11 is 6.23. The van der Waals surface area contributed by atoms with Crippen LogP contribution in [0.1, 0.15) is 27.3 Å². The van der Waals surface area contributed by atoms with Gasteiger partial charge in [-0.3, -0.25) is 4.79 Å². The monoisotopic (exact) mass is 397 g/mol. The summed E-state index contributed by atoms with van der Waals surface area (Å²) < 4.78 is 12.9. The number of ether oxygens (including phenoxy) is 2. The lowest BCUT2D eigenvalue weighted by atomic mass is 10.1. The molecule has 3 aromatic rings. The van der Waals surface area contributed by atoms with Crippen LogP contribution in [0.25, 0.3) is 5.69 Å². The second kappa shape index (κ2) is 7.56. The molecule has 0 fully saturated rings. The van der Waals surface area contributed by atoms with Crippen molar-refractivity contribution in [3.63, 3.8) is 0 Å². The average Bonchev–Trinajstić information content (AvgIpc) is 3.00. The van der Waals surface area contributed by atoms with Crippen LogP contribution in [0, 0.1) is 13.8 Å². The summed E-state index contributed by atoms with van der Waals surface area (Å²) in [6.07, 6.45) is 0. The van der Waals surface area contributed by atoms with E-state index < -0.39 is 0 Å². The highest BCUT2D eigenvalue weighted by Crippen LogP contribution is 2.38. The summed E-state index contributed by atoms with van der Waals surface area (Å²) in [6.45, 7) is 5.19. The van der Waals surface area contributed by atoms with Crippen molar-refractivity contribution < 1.29 is 14.3 Å². The van der Waals surface area contributed by atoms with Gasteiger partial charge in [0.1, 0.15) is 13.2 Å². The Bertz CT molecular complexity index is 1030. The number of rotatable bonds is 4. The van der Waals surface area contributed by atoms with Crippen LogP contribution in [-0.2, 0) is 6.54 Å². The highest BCUT2D eigenvalue weighted by Gasteiger charge is 2.20. The van der Waals surface area contributed by atoms with E-state index >= 15 is 0 Å². The van der Waals surface area contributed by atoms with E-state index in [2.05, 4.69) is 10.4 Å². The Labute approximate surface area is 168 Å². The standard InChI is InChI=1S/C21H20ClN3O3/c1-13-17(14(2)25(24-13)16-6-4-3-5-7-16)12-23-21(26)15-10-18(22)20-19(11-15)27-8-9-28-20/h3-7,10-11H,8-9,12H2,1-2H3,(H,23,26). The fourth-order valence-corrected chi connectivity index (χ4v) is 3.53. The molecule has 0 unspecified atom stereocenters. The molecule has 1 amide bonds. The van der Waals surface area contributed by atoms with Crippen LogP contribution in [0.15, 0.2) is 42.5 Å². The first kappa shape index (κ1) is 18.4. The second-order valence-electron chi connectivity index (χ2n) is 6.56. The number of amides is 1. The summed E-state index contributed by atoms with van der Waals surface area (Å²) in [5.41, 5.74) is 4.27. The van der Waals surface area contributed by atoms with Crippen LogP contribution < -0.4 is 14.8 Å². The molecule has 2 heterocycles. The third-order valence-electron chi connectivity index (χ3n) is 4.73. The van der Waals surface area contributed by atoms with Gasteiger partial charge in [0.15, 0.2) is 11.5 Å². The van der Waals surface area contributed by atoms with Crippen LogP contribution in [0.5, 0.6) is 11.5 Å². The number of benzene rings is 2. The van der Waals surface area contributed by atoms with Gasteiger partial charge in [0.2, 0.25) is 0 Å². The molecule has 1 aliphatic rings. The van der Waals surface area contributed by atoms with E-state index in [1.807, 2.05) is 48.9 Å². The third-order valence-corrected chi connectivity index (χ3v) is 5.01. The van der Waals surface area contributed by atoms with Crippen LogP contribution in [0.4, 0.5) is 0 Å². The minimum atomic E-state index is -0.231. The minimum Gasteiger partial charge on any atom is -0.486 e. The predicted molar refractivity (Wildman–Crippen MR) is 107 cm³/mol. The molecule has 0 saturated heterocycles. The molecule has 0 radical (unpaired) electrons. The van der Waals surface area contributed by atoms with Gasteiger partial charge in [-0.2, -0.15) is 5.10 Å². The van der Waals surface area contributed by atoms with Crippen molar-refractivity contribution >= 4 is 17.5 Å². The molecule has 2 aromatic carbocycles. The lowest BCUT2D eigenvalue weighted by Crippen LogP contribution is -2.24. The molecule has 1 aromatic heterocycles. The average molecular weight is 398 g/mol. The molecule has 144 valence electrons. The quantitative estimate of drug-likeness (QED) is 0.726. The first-order valence-electron chi connectivity index (χ1n) is 9.02. The maximum atomic E-state index is 12.7. The number of hydrogen-bond acceptors (Lipinski definition) is 4. The molecule has 1 N–H and O–H groups in total. The number of aromatic nitrogens is 2. The minimum absolute atomic E-state index is 0.231. The van der Waals surface area contributed by atoms with Gasteiger partial charge in [-0.25, -0.2) is 4.68 Å². The van der Waals surface area contributed by atoms with Gasteiger partial charge in [-0.1, -0.05) is 29.8 Å². The molecule has 0 aliphatic carbocycles. The number of carbonyl (C=O) groups is 1. The van der Waals surface area contributed by atoms with Crippen LogP contribution in [-0.4, -0.2) is 28.9 Å². The Morgan fingerprint density at radius 1 is 1.18 bits per heavy atom. The highest BCUT2D eigenvalue weighted by atomic mass is 35.5.